The Balaban J connectivity index is 1.44. The maximum Gasteiger partial charge on any atom is 0.310 e. The molecule has 2 aliphatic rings. The minimum atomic E-state index is -0.150. The van der Waals surface area contributed by atoms with Gasteiger partial charge in [0.2, 0.25) is 5.91 Å². The van der Waals surface area contributed by atoms with Crippen LogP contribution in [-0.4, -0.2) is 74.2 Å². The number of carbonyl (C=O) groups excluding carboxylic acids is 2. The largest absolute Gasteiger partial charge is 0.466 e. The molecule has 7 nitrogen and oxygen atoms in total. The van der Waals surface area contributed by atoms with E-state index in [4.69, 9.17) is 9.47 Å². The van der Waals surface area contributed by atoms with E-state index in [0.717, 1.165) is 57.9 Å². The summed E-state index contributed by atoms with van der Waals surface area (Å²) in [6.07, 6.45) is 1.74. The van der Waals surface area contributed by atoms with Gasteiger partial charge in [-0.05, 0) is 44.0 Å². The van der Waals surface area contributed by atoms with Crippen molar-refractivity contribution in [2.24, 2.45) is 5.92 Å². The number of anilines is 1. The fourth-order valence-corrected chi connectivity index (χ4v) is 3.77. The molecule has 1 aromatic rings. The number of hydrogen-bond donors (Lipinski definition) is 1. The number of carbonyl (C=O) groups is 2. The summed E-state index contributed by atoms with van der Waals surface area (Å²) >= 11 is 0. The van der Waals surface area contributed by atoms with Crippen LogP contribution in [0.5, 0.6) is 0 Å². The highest BCUT2D eigenvalue weighted by Gasteiger charge is 2.27. The van der Waals surface area contributed by atoms with E-state index in [2.05, 4.69) is 22.3 Å². The first-order chi connectivity index (χ1) is 13.6. The Labute approximate surface area is 167 Å². The Bertz CT molecular complexity index is 644. The van der Waals surface area contributed by atoms with Crippen LogP contribution in [0.25, 0.3) is 0 Å². The molecule has 0 spiro atoms. The summed E-state index contributed by atoms with van der Waals surface area (Å²) in [5, 5.41) is 2.96. The van der Waals surface area contributed by atoms with Crippen LogP contribution < -0.4 is 5.32 Å². The molecule has 1 N–H and O–H groups in total. The second-order valence-corrected chi connectivity index (χ2v) is 7.46. The maximum atomic E-state index is 12.4. The van der Waals surface area contributed by atoms with E-state index in [9.17, 15) is 9.59 Å². The fraction of sp³-hybridized carbons (Fsp3) is 0.619. The number of likely N-dealkylation sites (tertiary alicyclic amines) is 1. The van der Waals surface area contributed by atoms with E-state index in [1.165, 1.54) is 5.56 Å². The lowest BCUT2D eigenvalue weighted by molar-refractivity contribution is -0.150. The van der Waals surface area contributed by atoms with Crippen LogP contribution in [-0.2, 0) is 25.6 Å². The number of rotatable bonds is 7. The number of morpholine rings is 1. The molecule has 2 aliphatic heterocycles. The summed E-state index contributed by atoms with van der Waals surface area (Å²) in [6.45, 7) is 8.35. The van der Waals surface area contributed by atoms with Crippen LogP contribution in [0.4, 0.5) is 5.69 Å². The van der Waals surface area contributed by atoms with Crippen molar-refractivity contribution in [1.82, 2.24) is 9.80 Å². The van der Waals surface area contributed by atoms with Crippen molar-refractivity contribution in [3.8, 4) is 0 Å². The average molecular weight is 389 g/mol. The van der Waals surface area contributed by atoms with Gasteiger partial charge in [-0.2, -0.15) is 0 Å². The minimum absolute atomic E-state index is 0.0505. The number of amides is 1. The number of nitrogens with zero attached hydrogens (tertiary/aromatic N) is 2. The number of ether oxygens (including phenoxy) is 2. The quantitative estimate of drug-likeness (QED) is 0.716. The molecule has 154 valence electrons. The molecule has 2 heterocycles. The van der Waals surface area contributed by atoms with Crippen LogP contribution in [0.3, 0.4) is 0 Å². The van der Waals surface area contributed by atoms with Gasteiger partial charge in [0.15, 0.2) is 0 Å². The summed E-state index contributed by atoms with van der Waals surface area (Å²) in [7, 11) is 0. The zero-order chi connectivity index (χ0) is 19.8. The standard InChI is InChI=1S/C21H31N3O4/c1-2-28-21(26)18-4-3-9-24(15-18)16-20(25)22-19-7-5-17(6-8-19)14-23-10-12-27-13-11-23/h5-8,18H,2-4,9-16H2,1H3,(H,22,25)/t18-/m0/s1. The first-order valence-electron chi connectivity index (χ1n) is 10.2. The van der Waals surface area contributed by atoms with E-state index < -0.39 is 0 Å². The highest BCUT2D eigenvalue weighted by atomic mass is 16.5. The Morgan fingerprint density at radius 3 is 2.61 bits per heavy atom. The SMILES string of the molecule is CCOC(=O)[C@H]1CCCN(CC(=O)Nc2ccc(CN3CCOCC3)cc2)C1. The minimum Gasteiger partial charge on any atom is -0.466 e. The predicted octanol–water partition coefficient (Wildman–Crippen LogP) is 1.73. The molecule has 0 aliphatic carbocycles. The molecule has 1 aromatic carbocycles. The van der Waals surface area contributed by atoms with Gasteiger partial charge in [0.1, 0.15) is 0 Å². The lowest BCUT2D eigenvalue weighted by Crippen LogP contribution is -2.43. The molecule has 3 rings (SSSR count). The molecule has 0 saturated carbocycles. The van der Waals surface area contributed by atoms with Gasteiger partial charge in [-0.3, -0.25) is 19.4 Å². The predicted molar refractivity (Wildman–Crippen MR) is 107 cm³/mol. The van der Waals surface area contributed by atoms with E-state index in [0.29, 0.717) is 19.7 Å². The van der Waals surface area contributed by atoms with Crippen LogP contribution in [0.2, 0.25) is 0 Å². The van der Waals surface area contributed by atoms with E-state index in [1.807, 2.05) is 24.0 Å². The highest BCUT2D eigenvalue weighted by Crippen LogP contribution is 2.18. The van der Waals surface area contributed by atoms with Gasteiger partial charge in [0, 0.05) is 31.9 Å². The molecular formula is C21H31N3O4. The molecule has 1 amide bonds. The number of piperidine rings is 1. The van der Waals surface area contributed by atoms with Gasteiger partial charge in [-0.15, -0.1) is 0 Å². The summed E-state index contributed by atoms with van der Waals surface area (Å²) in [5.41, 5.74) is 2.03. The second-order valence-electron chi connectivity index (χ2n) is 7.46. The normalized spacial score (nSPS) is 21.2. The number of benzene rings is 1. The third kappa shape index (κ3) is 6.29. The zero-order valence-corrected chi connectivity index (χ0v) is 16.7. The second kappa shape index (κ2) is 10.5. The lowest BCUT2D eigenvalue weighted by atomic mass is 9.98. The van der Waals surface area contributed by atoms with Crippen LogP contribution in [0.1, 0.15) is 25.3 Å². The van der Waals surface area contributed by atoms with Crippen molar-refractivity contribution in [2.45, 2.75) is 26.3 Å². The average Bonchev–Trinajstić information content (AvgIpc) is 2.70. The van der Waals surface area contributed by atoms with Gasteiger partial charge < -0.3 is 14.8 Å². The van der Waals surface area contributed by atoms with Gasteiger partial charge in [-0.25, -0.2) is 0 Å². The van der Waals surface area contributed by atoms with Crippen molar-refractivity contribution >= 4 is 17.6 Å². The summed E-state index contributed by atoms with van der Waals surface area (Å²) in [6, 6.07) is 8.02. The number of esters is 1. The van der Waals surface area contributed by atoms with E-state index in [1.54, 1.807) is 0 Å². The van der Waals surface area contributed by atoms with E-state index in [-0.39, 0.29) is 17.8 Å². The maximum absolute atomic E-state index is 12.4. The Morgan fingerprint density at radius 1 is 1.14 bits per heavy atom. The first kappa shape index (κ1) is 20.8. The smallest absolute Gasteiger partial charge is 0.310 e. The molecule has 0 bridgehead atoms. The third-order valence-electron chi connectivity index (χ3n) is 5.24. The Morgan fingerprint density at radius 2 is 1.89 bits per heavy atom. The van der Waals surface area contributed by atoms with Crippen LogP contribution in [0.15, 0.2) is 24.3 Å². The van der Waals surface area contributed by atoms with Crippen molar-refractivity contribution in [3.05, 3.63) is 29.8 Å². The van der Waals surface area contributed by atoms with Crippen LogP contribution in [0, 0.1) is 5.92 Å². The van der Waals surface area contributed by atoms with E-state index >= 15 is 0 Å². The topological polar surface area (TPSA) is 71.1 Å². The summed E-state index contributed by atoms with van der Waals surface area (Å²) in [4.78, 5) is 28.7. The van der Waals surface area contributed by atoms with Crippen molar-refractivity contribution < 1.29 is 19.1 Å². The molecule has 7 heteroatoms. The Hall–Kier alpha value is -1.96. The van der Waals surface area contributed by atoms with Crippen molar-refractivity contribution in [3.63, 3.8) is 0 Å². The van der Waals surface area contributed by atoms with Crippen molar-refractivity contribution in [2.75, 3.05) is 57.9 Å². The number of nitrogens with one attached hydrogen (secondary N) is 1. The summed E-state index contributed by atoms with van der Waals surface area (Å²) in [5.74, 6) is -0.324. The molecule has 2 fully saturated rings. The lowest BCUT2D eigenvalue weighted by Gasteiger charge is -2.30. The molecule has 1 atom stereocenters. The molecular weight excluding hydrogens is 358 g/mol. The molecule has 28 heavy (non-hydrogen) atoms. The Kier molecular flexibility index (Phi) is 7.82. The summed E-state index contributed by atoms with van der Waals surface area (Å²) < 4.78 is 10.5. The molecule has 0 aromatic heterocycles. The fourth-order valence-electron chi connectivity index (χ4n) is 3.77. The molecule has 0 unspecified atom stereocenters. The monoisotopic (exact) mass is 389 g/mol. The molecule has 2 saturated heterocycles. The van der Waals surface area contributed by atoms with Gasteiger partial charge in [0.05, 0.1) is 32.3 Å². The van der Waals surface area contributed by atoms with Crippen molar-refractivity contribution in [1.29, 1.82) is 0 Å². The zero-order valence-electron chi connectivity index (χ0n) is 16.7. The van der Waals surface area contributed by atoms with Gasteiger partial charge >= 0.3 is 5.97 Å². The first-order valence-corrected chi connectivity index (χ1v) is 10.2. The van der Waals surface area contributed by atoms with Crippen LogP contribution >= 0.6 is 0 Å². The third-order valence-corrected chi connectivity index (χ3v) is 5.24. The highest BCUT2D eigenvalue weighted by molar-refractivity contribution is 5.92. The number of hydrogen-bond acceptors (Lipinski definition) is 6. The van der Waals surface area contributed by atoms with Gasteiger partial charge in [-0.1, -0.05) is 12.1 Å². The molecule has 0 radical (unpaired) electrons. The van der Waals surface area contributed by atoms with Gasteiger partial charge in [0.25, 0.3) is 0 Å².